The van der Waals surface area contributed by atoms with Gasteiger partial charge in [-0.25, -0.2) is 0 Å². The van der Waals surface area contributed by atoms with E-state index in [1.807, 2.05) is 19.1 Å². The van der Waals surface area contributed by atoms with Gasteiger partial charge in [-0.3, -0.25) is 9.78 Å². The second kappa shape index (κ2) is 2.81. The summed E-state index contributed by atoms with van der Waals surface area (Å²) in [5.74, 6) is 0.00400. The third-order valence-electron chi connectivity index (χ3n) is 2.06. The Bertz CT molecular complexity index is 360. The number of carbonyl (C=O) groups is 1. The van der Waals surface area contributed by atoms with Gasteiger partial charge in [0.25, 0.3) is 0 Å². The summed E-state index contributed by atoms with van der Waals surface area (Å²) in [4.78, 5) is 15.3. The summed E-state index contributed by atoms with van der Waals surface area (Å²) in [5, 5.41) is 2.72. The zero-order chi connectivity index (χ0) is 9.42. The van der Waals surface area contributed by atoms with Crippen LogP contribution in [0.15, 0.2) is 12.1 Å². The van der Waals surface area contributed by atoms with Crippen molar-refractivity contribution < 1.29 is 4.79 Å². The molecule has 2 heterocycles. The number of hydrogen-bond donors (Lipinski definition) is 2. The van der Waals surface area contributed by atoms with Crippen LogP contribution in [-0.2, 0) is 11.2 Å². The molecule has 4 nitrogen and oxygen atoms in total. The van der Waals surface area contributed by atoms with Gasteiger partial charge < -0.3 is 11.1 Å². The van der Waals surface area contributed by atoms with Crippen LogP contribution in [0.4, 0.5) is 5.69 Å². The Morgan fingerprint density at radius 2 is 2.38 bits per heavy atom. The summed E-state index contributed by atoms with van der Waals surface area (Å²) in [7, 11) is 0. The van der Waals surface area contributed by atoms with E-state index in [2.05, 4.69) is 10.3 Å². The number of nitrogens with two attached hydrogens (primary N) is 1. The largest absolute Gasteiger partial charge is 0.324 e. The van der Waals surface area contributed by atoms with E-state index < -0.39 is 0 Å². The van der Waals surface area contributed by atoms with Gasteiger partial charge in [-0.15, -0.1) is 0 Å². The topological polar surface area (TPSA) is 68.0 Å². The second-order valence-corrected chi connectivity index (χ2v) is 3.24. The van der Waals surface area contributed by atoms with Crippen LogP contribution in [0.3, 0.4) is 0 Å². The number of anilines is 1. The SMILES string of the molecule is C[C@H](N)c1ccc2c(n1)CC(=O)N2. The van der Waals surface area contributed by atoms with Gasteiger partial charge >= 0.3 is 0 Å². The highest BCUT2D eigenvalue weighted by atomic mass is 16.1. The highest BCUT2D eigenvalue weighted by Gasteiger charge is 2.19. The van der Waals surface area contributed by atoms with Gasteiger partial charge in [0.05, 0.1) is 23.5 Å². The second-order valence-electron chi connectivity index (χ2n) is 3.24. The van der Waals surface area contributed by atoms with Crippen molar-refractivity contribution in [3.05, 3.63) is 23.5 Å². The summed E-state index contributed by atoms with van der Waals surface area (Å²) in [6, 6.07) is 3.61. The molecular weight excluding hydrogens is 166 g/mol. The summed E-state index contributed by atoms with van der Waals surface area (Å²) in [5.41, 5.74) is 8.12. The molecular formula is C9H11N3O. The van der Waals surface area contributed by atoms with Crippen LogP contribution in [0, 0.1) is 0 Å². The molecule has 4 heteroatoms. The molecule has 3 N–H and O–H groups in total. The number of fused-ring (bicyclic) bond motifs is 1. The molecule has 0 saturated carbocycles. The minimum atomic E-state index is -0.0824. The van der Waals surface area contributed by atoms with Gasteiger partial charge in [0.1, 0.15) is 0 Å². The zero-order valence-electron chi connectivity index (χ0n) is 7.37. The summed E-state index contributed by atoms with van der Waals surface area (Å²) in [6.07, 6.45) is 0.371. The number of nitrogens with one attached hydrogen (secondary N) is 1. The first-order chi connectivity index (χ1) is 6.16. The molecule has 0 saturated heterocycles. The lowest BCUT2D eigenvalue weighted by Crippen LogP contribution is -2.08. The van der Waals surface area contributed by atoms with E-state index in [4.69, 9.17) is 5.73 Å². The van der Waals surface area contributed by atoms with Crippen LogP contribution >= 0.6 is 0 Å². The van der Waals surface area contributed by atoms with Crippen molar-refractivity contribution in [3.8, 4) is 0 Å². The summed E-state index contributed by atoms with van der Waals surface area (Å²) >= 11 is 0. The van der Waals surface area contributed by atoms with E-state index >= 15 is 0 Å². The van der Waals surface area contributed by atoms with Gasteiger partial charge in [-0.05, 0) is 19.1 Å². The van der Waals surface area contributed by atoms with Crippen molar-refractivity contribution in [1.29, 1.82) is 0 Å². The highest BCUT2D eigenvalue weighted by molar-refractivity contribution is 5.98. The van der Waals surface area contributed by atoms with Crippen LogP contribution < -0.4 is 11.1 Å². The predicted octanol–water partition coefficient (Wildman–Crippen LogP) is 0.596. The number of carbonyl (C=O) groups excluding carboxylic acids is 1. The van der Waals surface area contributed by atoms with Gasteiger partial charge in [-0.1, -0.05) is 0 Å². The quantitative estimate of drug-likeness (QED) is 0.659. The fourth-order valence-electron chi connectivity index (χ4n) is 1.37. The molecule has 0 bridgehead atoms. The first-order valence-electron chi connectivity index (χ1n) is 4.22. The third kappa shape index (κ3) is 1.40. The monoisotopic (exact) mass is 177 g/mol. The minimum absolute atomic E-state index is 0.00400. The molecule has 0 fully saturated rings. The third-order valence-corrected chi connectivity index (χ3v) is 2.06. The van der Waals surface area contributed by atoms with E-state index in [1.54, 1.807) is 0 Å². The van der Waals surface area contributed by atoms with Crippen LogP contribution in [0.1, 0.15) is 24.4 Å². The molecule has 1 aromatic heterocycles. The molecule has 0 unspecified atom stereocenters. The maximum atomic E-state index is 11.0. The Morgan fingerprint density at radius 3 is 3.08 bits per heavy atom. The normalized spacial score (nSPS) is 16.6. The molecule has 68 valence electrons. The minimum Gasteiger partial charge on any atom is -0.324 e. The first kappa shape index (κ1) is 8.19. The fraction of sp³-hybridized carbons (Fsp3) is 0.333. The molecule has 0 aliphatic carbocycles. The van der Waals surface area contributed by atoms with Crippen molar-refractivity contribution in [1.82, 2.24) is 4.98 Å². The Labute approximate surface area is 76.2 Å². The average molecular weight is 177 g/mol. The zero-order valence-corrected chi connectivity index (χ0v) is 7.37. The Kier molecular flexibility index (Phi) is 1.77. The lowest BCUT2D eigenvalue weighted by molar-refractivity contribution is -0.115. The number of pyridine rings is 1. The van der Waals surface area contributed by atoms with E-state index in [0.717, 1.165) is 17.1 Å². The molecule has 1 aliphatic heterocycles. The number of rotatable bonds is 1. The molecule has 0 radical (unpaired) electrons. The van der Waals surface area contributed by atoms with Crippen LogP contribution in [0.25, 0.3) is 0 Å². The molecule has 0 aromatic carbocycles. The Morgan fingerprint density at radius 1 is 1.62 bits per heavy atom. The molecule has 1 aromatic rings. The van der Waals surface area contributed by atoms with Crippen LogP contribution in [0.5, 0.6) is 0 Å². The average Bonchev–Trinajstić information content (AvgIpc) is 2.42. The summed E-state index contributed by atoms with van der Waals surface area (Å²) < 4.78 is 0. The Hall–Kier alpha value is -1.42. The van der Waals surface area contributed by atoms with E-state index in [1.165, 1.54) is 0 Å². The van der Waals surface area contributed by atoms with Crippen molar-refractivity contribution in [2.45, 2.75) is 19.4 Å². The lowest BCUT2D eigenvalue weighted by atomic mass is 10.2. The lowest BCUT2D eigenvalue weighted by Gasteiger charge is -2.05. The van der Waals surface area contributed by atoms with Crippen LogP contribution in [-0.4, -0.2) is 10.9 Å². The van der Waals surface area contributed by atoms with E-state index in [0.29, 0.717) is 6.42 Å². The molecule has 1 aliphatic rings. The number of nitrogens with zero attached hydrogens (tertiary/aromatic N) is 1. The van der Waals surface area contributed by atoms with E-state index in [9.17, 15) is 4.79 Å². The van der Waals surface area contributed by atoms with Crippen molar-refractivity contribution >= 4 is 11.6 Å². The van der Waals surface area contributed by atoms with Crippen LogP contribution in [0.2, 0.25) is 0 Å². The smallest absolute Gasteiger partial charge is 0.230 e. The highest BCUT2D eigenvalue weighted by Crippen LogP contribution is 2.22. The number of amides is 1. The van der Waals surface area contributed by atoms with Crippen molar-refractivity contribution in [3.63, 3.8) is 0 Å². The molecule has 2 rings (SSSR count). The standard InChI is InChI=1S/C9H11N3O/c1-5(10)6-2-3-7-8(11-6)4-9(13)12-7/h2-3,5H,4,10H2,1H3,(H,12,13)/t5-/m0/s1. The maximum absolute atomic E-state index is 11.0. The molecule has 13 heavy (non-hydrogen) atoms. The van der Waals surface area contributed by atoms with Crippen molar-refractivity contribution in [2.75, 3.05) is 5.32 Å². The van der Waals surface area contributed by atoms with Gasteiger partial charge in [0.2, 0.25) is 5.91 Å². The predicted molar refractivity (Wildman–Crippen MR) is 49.2 cm³/mol. The molecule has 1 amide bonds. The maximum Gasteiger partial charge on any atom is 0.230 e. The Balaban J connectivity index is 2.40. The van der Waals surface area contributed by atoms with Gasteiger partial charge in [0, 0.05) is 6.04 Å². The summed E-state index contributed by atoms with van der Waals surface area (Å²) in [6.45, 7) is 1.87. The van der Waals surface area contributed by atoms with Gasteiger partial charge in [-0.2, -0.15) is 0 Å². The molecule has 0 spiro atoms. The number of aromatic nitrogens is 1. The van der Waals surface area contributed by atoms with E-state index in [-0.39, 0.29) is 11.9 Å². The van der Waals surface area contributed by atoms with Gasteiger partial charge in [0.15, 0.2) is 0 Å². The fourth-order valence-corrected chi connectivity index (χ4v) is 1.37. The first-order valence-corrected chi connectivity index (χ1v) is 4.22. The molecule has 1 atom stereocenters. The number of hydrogen-bond acceptors (Lipinski definition) is 3. The van der Waals surface area contributed by atoms with Crippen molar-refractivity contribution in [2.24, 2.45) is 5.73 Å².